The third kappa shape index (κ3) is 6.79. The molecular formula is C25H35N3O5S. The Hall–Kier alpha value is -2.46. The van der Waals surface area contributed by atoms with Crippen LogP contribution in [0.5, 0.6) is 5.75 Å². The van der Waals surface area contributed by atoms with E-state index in [-0.39, 0.29) is 29.5 Å². The van der Waals surface area contributed by atoms with Crippen LogP contribution in [0.2, 0.25) is 0 Å². The summed E-state index contributed by atoms with van der Waals surface area (Å²) in [5.74, 6) is 0.436. The summed E-state index contributed by atoms with van der Waals surface area (Å²) in [7, 11) is -2.11. The highest BCUT2D eigenvalue weighted by molar-refractivity contribution is 7.89. The largest absolute Gasteiger partial charge is 0.497 e. The van der Waals surface area contributed by atoms with Gasteiger partial charge in [0.15, 0.2) is 0 Å². The van der Waals surface area contributed by atoms with Crippen molar-refractivity contribution in [3.63, 3.8) is 0 Å². The molecule has 1 amide bonds. The molecule has 2 atom stereocenters. The normalized spacial score (nSPS) is 17.0. The predicted molar refractivity (Wildman–Crippen MR) is 132 cm³/mol. The zero-order valence-corrected chi connectivity index (χ0v) is 20.9. The first-order valence-corrected chi connectivity index (χ1v) is 13.2. The highest BCUT2D eigenvalue weighted by Crippen LogP contribution is 2.24. The Morgan fingerprint density at radius 1 is 1.18 bits per heavy atom. The lowest BCUT2D eigenvalue weighted by Gasteiger charge is -2.30. The monoisotopic (exact) mass is 489 g/mol. The Morgan fingerprint density at radius 2 is 1.94 bits per heavy atom. The van der Waals surface area contributed by atoms with E-state index in [0.29, 0.717) is 18.7 Å². The number of hydrogen-bond donors (Lipinski definition) is 2. The molecule has 0 spiro atoms. The van der Waals surface area contributed by atoms with E-state index in [1.807, 2.05) is 24.3 Å². The third-order valence-corrected chi connectivity index (χ3v) is 7.54. The second-order valence-electron chi connectivity index (χ2n) is 8.24. The molecule has 2 aromatic rings. The maximum absolute atomic E-state index is 13.0. The molecule has 2 unspecified atom stereocenters. The lowest BCUT2D eigenvalue weighted by molar-refractivity contribution is 0.0934. The van der Waals surface area contributed by atoms with Gasteiger partial charge in [-0.05, 0) is 61.8 Å². The van der Waals surface area contributed by atoms with E-state index < -0.39 is 10.0 Å². The molecule has 2 N–H and O–H groups in total. The standard InChI is InChI=1S/C25H35N3O5S/c1-4-28(5-2)24(19-9-6-11-21(15-19)32-3)18-26-25(29)20-10-7-13-23(16-20)34(30,31)27-17-22-12-8-14-33-22/h6-7,9-11,13,15-16,22,24,27H,4-5,8,12,14,17-18H2,1-3H3,(H,26,29). The molecule has 2 aromatic carbocycles. The number of benzene rings is 2. The van der Waals surface area contributed by atoms with Gasteiger partial charge >= 0.3 is 0 Å². The molecular weight excluding hydrogens is 454 g/mol. The topological polar surface area (TPSA) is 97.0 Å². The lowest BCUT2D eigenvalue weighted by atomic mass is 10.0. The second-order valence-corrected chi connectivity index (χ2v) is 10.0. The maximum Gasteiger partial charge on any atom is 0.251 e. The number of carbonyl (C=O) groups excluding carboxylic acids is 1. The van der Waals surface area contributed by atoms with Gasteiger partial charge in [-0.3, -0.25) is 9.69 Å². The molecule has 0 aliphatic carbocycles. The van der Waals surface area contributed by atoms with Crippen LogP contribution in [0.1, 0.15) is 48.7 Å². The van der Waals surface area contributed by atoms with Gasteiger partial charge < -0.3 is 14.8 Å². The van der Waals surface area contributed by atoms with Crippen LogP contribution in [-0.4, -0.2) is 65.2 Å². The number of rotatable bonds is 12. The van der Waals surface area contributed by atoms with Gasteiger partial charge in [0, 0.05) is 25.3 Å². The number of likely N-dealkylation sites (N-methyl/N-ethyl adjacent to an activating group) is 1. The average Bonchev–Trinajstić information content (AvgIpc) is 3.39. The second kappa shape index (κ2) is 12.3. The predicted octanol–water partition coefficient (Wildman–Crippen LogP) is 2.97. The number of ether oxygens (including phenoxy) is 2. The molecule has 0 bridgehead atoms. The summed E-state index contributed by atoms with van der Waals surface area (Å²) in [6.07, 6.45) is 1.67. The molecule has 1 saturated heterocycles. The van der Waals surface area contributed by atoms with E-state index >= 15 is 0 Å². The van der Waals surface area contributed by atoms with Crippen molar-refractivity contribution in [2.75, 3.05) is 39.9 Å². The van der Waals surface area contributed by atoms with E-state index in [1.54, 1.807) is 19.2 Å². The summed E-state index contributed by atoms with van der Waals surface area (Å²) in [5, 5.41) is 2.98. The number of nitrogens with one attached hydrogen (secondary N) is 2. The zero-order chi connectivity index (χ0) is 24.6. The molecule has 1 aliphatic rings. The van der Waals surface area contributed by atoms with Crippen LogP contribution in [-0.2, 0) is 14.8 Å². The van der Waals surface area contributed by atoms with Gasteiger partial charge in [0.05, 0.1) is 24.2 Å². The molecule has 1 heterocycles. The Kier molecular flexibility index (Phi) is 9.46. The minimum atomic E-state index is -3.74. The van der Waals surface area contributed by atoms with Gasteiger partial charge in [-0.2, -0.15) is 0 Å². The summed E-state index contributed by atoms with van der Waals surface area (Å²) in [4.78, 5) is 15.3. The lowest BCUT2D eigenvalue weighted by Crippen LogP contribution is -2.38. The van der Waals surface area contributed by atoms with Crippen molar-refractivity contribution in [3.05, 3.63) is 59.7 Å². The molecule has 1 fully saturated rings. The summed E-state index contributed by atoms with van der Waals surface area (Å²) >= 11 is 0. The Labute approximate surface area is 202 Å². The van der Waals surface area contributed by atoms with Crippen LogP contribution in [0.4, 0.5) is 0 Å². The van der Waals surface area contributed by atoms with Gasteiger partial charge in [-0.1, -0.05) is 32.0 Å². The summed E-state index contributed by atoms with van der Waals surface area (Å²) < 4.78 is 38.9. The number of nitrogens with zero attached hydrogens (tertiary/aromatic N) is 1. The van der Waals surface area contributed by atoms with Crippen LogP contribution in [0.3, 0.4) is 0 Å². The molecule has 8 nitrogen and oxygen atoms in total. The third-order valence-electron chi connectivity index (χ3n) is 6.12. The molecule has 9 heteroatoms. The van der Waals surface area contributed by atoms with E-state index in [9.17, 15) is 13.2 Å². The first-order valence-electron chi connectivity index (χ1n) is 11.8. The minimum absolute atomic E-state index is 0.0472. The van der Waals surface area contributed by atoms with Crippen molar-refractivity contribution < 1.29 is 22.7 Å². The molecule has 186 valence electrons. The van der Waals surface area contributed by atoms with E-state index in [4.69, 9.17) is 9.47 Å². The highest BCUT2D eigenvalue weighted by Gasteiger charge is 2.22. The summed E-state index contributed by atoms with van der Waals surface area (Å²) in [6.45, 7) is 7.06. The van der Waals surface area contributed by atoms with Crippen LogP contribution < -0.4 is 14.8 Å². The number of carbonyl (C=O) groups is 1. The van der Waals surface area contributed by atoms with Gasteiger partial charge in [-0.15, -0.1) is 0 Å². The molecule has 1 aliphatic heterocycles. The van der Waals surface area contributed by atoms with Crippen LogP contribution in [0.25, 0.3) is 0 Å². The van der Waals surface area contributed by atoms with Crippen molar-refractivity contribution in [1.29, 1.82) is 0 Å². The minimum Gasteiger partial charge on any atom is -0.497 e. The van der Waals surface area contributed by atoms with Crippen LogP contribution in [0.15, 0.2) is 53.4 Å². The number of amides is 1. The molecule has 34 heavy (non-hydrogen) atoms. The molecule has 0 aromatic heterocycles. The first kappa shape index (κ1) is 26.2. The van der Waals surface area contributed by atoms with Crippen LogP contribution >= 0.6 is 0 Å². The van der Waals surface area contributed by atoms with Gasteiger partial charge in [0.1, 0.15) is 5.75 Å². The van der Waals surface area contributed by atoms with Crippen LogP contribution in [0, 0.1) is 0 Å². The van der Waals surface area contributed by atoms with Crippen molar-refractivity contribution in [3.8, 4) is 5.75 Å². The molecule has 0 saturated carbocycles. The van der Waals surface area contributed by atoms with E-state index in [2.05, 4.69) is 28.8 Å². The Morgan fingerprint density at radius 3 is 2.62 bits per heavy atom. The quantitative estimate of drug-likeness (QED) is 0.476. The fraction of sp³-hybridized carbons (Fsp3) is 0.480. The number of sulfonamides is 1. The van der Waals surface area contributed by atoms with Crippen molar-refractivity contribution >= 4 is 15.9 Å². The van der Waals surface area contributed by atoms with Crippen molar-refractivity contribution in [2.45, 2.75) is 43.7 Å². The SMILES string of the molecule is CCN(CC)C(CNC(=O)c1cccc(S(=O)(=O)NCC2CCCO2)c1)c1cccc(OC)c1. The maximum atomic E-state index is 13.0. The van der Waals surface area contributed by atoms with Gasteiger partial charge in [0.25, 0.3) is 5.91 Å². The summed E-state index contributed by atoms with van der Waals surface area (Å²) in [5.41, 5.74) is 1.34. The smallest absolute Gasteiger partial charge is 0.251 e. The van der Waals surface area contributed by atoms with Gasteiger partial charge in [0.2, 0.25) is 10.0 Å². The van der Waals surface area contributed by atoms with Crippen molar-refractivity contribution in [2.24, 2.45) is 0 Å². The summed E-state index contributed by atoms with van der Waals surface area (Å²) in [6, 6.07) is 13.9. The highest BCUT2D eigenvalue weighted by atomic mass is 32.2. The van der Waals surface area contributed by atoms with E-state index in [0.717, 1.165) is 37.2 Å². The number of methoxy groups -OCH3 is 1. The van der Waals surface area contributed by atoms with Gasteiger partial charge in [-0.25, -0.2) is 13.1 Å². The molecule has 3 rings (SSSR count). The fourth-order valence-electron chi connectivity index (χ4n) is 4.16. The van der Waals surface area contributed by atoms with Crippen molar-refractivity contribution in [1.82, 2.24) is 14.9 Å². The number of hydrogen-bond acceptors (Lipinski definition) is 6. The Balaban J connectivity index is 1.70. The van der Waals surface area contributed by atoms with E-state index in [1.165, 1.54) is 12.1 Å². The fourth-order valence-corrected chi connectivity index (χ4v) is 5.27. The average molecular weight is 490 g/mol. The Bertz CT molecular complexity index is 1050. The first-order chi connectivity index (χ1) is 16.4. The molecule has 0 radical (unpaired) electrons. The zero-order valence-electron chi connectivity index (χ0n) is 20.1.